The first-order valence-corrected chi connectivity index (χ1v) is 10.1. The third-order valence-electron chi connectivity index (χ3n) is 5.77. The van der Waals surface area contributed by atoms with Crippen molar-refractivity contribution < 1.29 is 17.9 Å². The van der Waals surface area contributed by atoms with E-state index in [-0.39, 0.29) is 17.8 Å². The minimum Gasteiger partial charge on any atom is -0.469 e. The molecule has 2 aliphatic rings. The molecule has 2 aromatic rings. The molecule has 3 atom stereocenters. The summed E-state index contributed by atoms with van der Waals surface area (Å²) in [6.45, 7) is 2.56. The van der Waals surface area contributed by atoms with E-state index in [0.29, 0.717) is 18.0 Å². The van der Waals surface area contributed by atoms with Gasteiger partial charge in [0.1, 0.15) is 0 Å². The van der Waals surface area contributed by atoms with E-state index in [9.17, 15) is 13.2 Å². The van der Waals surface area contributed by atoms with Gasteiger partial charge in [0.05, 0.1) is 17.9 Å². The van der Waals surface area contributed by atoms with Crippen LogP contribution in [0.15, 0.2) is 59.5 Å². The minimum atomic E-state index is -3.58. The van der Waals surface area contributed by atoms with Crippen LogP contribution in [-0.2, 0) is 25.0 Å². The normalized spacial score (nSPS) is 27.8. The Hall–Kier alpha value is -2.18. The Balaban J connectivity index is 1.68. The monoisotopic (exact) mass is 371 g/mol. The van der Waals surface area contributed by atoms with Gasteiger partial charge in [0, 0.05) is 18.5 Å². The quantitative estimate of drug-likeness (QED) is 0.774. The van der Waals surface area contributed by atoms with Crippen LogP contribution in [0.1, 0.15) is 11.1 Å². The number of carbonyl (C=O) groups excluding carboxylic acids is 1. The molecule has 1 aliphatic carbocycles. The van der Waals surface area contributed by atoms with Crippen LogP contribution >= 0.6 is 0 Å². The largest absolute Gasteiger partial charge is 0.469 e. The highest BCUT2D eigenvalue weighted by Crippen LogP contribution is 2.65. The molecule has 2 fully saturated rings. The topological polar surface area (TPSA) is 63.7 Å². The molecule has 0 radical (unpaired) electrons. The van der Waals surface area contributed by atoms with Gasteiger partial charge < -0.3 is 4.74 Å². The molecule has 5 nitrogen and oxygen atoms in total. The number of sulfonamides is 1. The standard InChI is InChI=1S/C20H21NO4S/c1-14-8-10-16(11-9-14)26(23,24)21-12-17-18(19(22)25-2)20(17,13-21)15-6-4-3-5-7-15/h3-11,17-18H,12-13H2,1-2H3/t17?,18-,20-/m0/s1. The number of aryl methyl sites for hydroxylation is 1. The molecule has 0 spiro atoms. The lowest BCUT2D eigenvalue weighted by Crippen LogP contribution is -2.36. The lowest BCUT2D eigenvalue weighted by Gasteiger charge is -2.23. The van der Waals surface area contributed by atoms with Gasteiger partial charge in [0.15, 0.2) is 0 Å². The molecule has 26 heavy (non-hydrogen) atoms. The van der Waals surface area contributed by atoms with Gasteiger partial charge in [-0.25, -0.2) is 8.42 Å². The number of piperidine rings is 1. The van der Waals surface area contributed by atoms with E-state index in [1.807, 2.05) is 37.3 Å². The molecule has 4 rings (SSSR count). The first-order chi connectivity index (χ1) is 12.4. The maximum atomic E-state index is 13.0. The van der Waals surface area contributed by atoms with Gasteiger partial charge >= 0.3 is 5.97 Å². The van der Waals surface area contributed by atoms with E-state index in [0.717, 1.165) is 11.1 Å². The molecular weight excluding hydrogens is 350 g/mol. The molecular formula is C20H21NO4S. The molecule has 136 valence electrons. The summed E-state index contributed by atoms with van der Waals surface area (Å²) in [6.07, 6.45) is 0. The van der Waals surface area contributed by atoms with Crippen molar-refractivity contribution in [1.82, 2.24) is 4.31 Å². The summed E-state index contributed by atoms with van der Waals surface area (Å²) in [5, 5.41) is 0. The van der Waals surface area contributed by atoms with Crippen LogP contribution in [0.25, 0.3) is 0 Å². The Labute approximate surface area is 153 Å². The Bertz CT molecular complexity index is 940. The summed E-state index contributed by atoms with van der Waals surface area (Å²) in [4.78, 5) is 12.5. The highest BCUT2D eigenvalue weighted by Gasteiger charge is 2.74. The highest BCUT2D eigenvalue weighted by molar-refractivity contribution is 7.89. The number of rotatable bonds is 4. The van der Waals surface area contributed by atoms with Crippen molar-refractivity contribution in [1.29, 1.82) is 0 Å². The van der Waals surface area contributed by atoms with Gasteiger partial charge in [0.25, 0.3) is 0 Å². The Morgan fingerprint density at radius 2 is 1.77 bits per heavy atom. The van der Waals surface area contributed by atoms with E-state index >= 15 is 0 Å². The third-order valence-corrected chi connectivity index (χ3v) is 7.60. The van der Waals surface area contributed by atoms with Gasteiger partial charge in [-0.3, -0.25) is 4.79 Å². The first kappa shape index (κ1) is 17.2. The van der Waals surface area contributed by atoms with Crippen LogP contribution in [0, 0.1) is 18.8 Å². The summed E-state index contributed by atoms with van der Waals surface area (Å²) in [7, 11) is -2.19. The van der Waals surface area contributed by atoms with Gasteiger partial charge in [-0.15, -0.1) is 0 Å². The second-order valence-corrected chi connectivity index (χ2v) is 9.06. The van der Waals surface area contributed by atoms with Crippen LogP contribution in [0.2, 0.25) is 0 Å². The summed E-state index contributed by atoms with van der Waals surface area (Å²) in [6, 6.07) is 16.6. The van der Waals surface area contributed by atoms with Crippen molar-refractivity contribution in [2.45, 2.75) is 17.2 Å². The molecule has 0 bridgehead atoms. The molecule has 6 heteroatoms. The Kier molecular flexibility index (Phi) is 3.93. The van der Waals surface area contributed by atoms with Crippen molar-refractivity contribution in [2.24, 2.45) is 11.8 Å². The molecule has 1 saturated heterocycles. The van der Waals surface area contributed by atoms with Crippen LogP contribution in [0.4, 0.5) is 0 Å². The Morgan fingerprint density at radius 1 is 1.12 bits per heavy atom. The molecule has 2 aromatic carbocycles. The predicted molar refractivity (Wildman–Crippen MR) is 97.1 cm³/mol. The lowest BCUT2D eigenvalue weighted by molar-refractivity contribution is -0.143. The molecule has 0 N–H and O–H groups in total. The predicted octanol–water partition coefficient (Wildman–Crippen LogP) is 2.36. The number of nitrogens with zero attached hydrogens (tertiary/aromatic N) is 1. The number of methoxy groups -OCH3 is 1. The smallest absolute Gasteiger partial charge is 0.309 e. The Morgan fingerprint density at radius 3 is 2.38 bits per heavy atom. The zero-order valence-electron chi connectivity index (χ0n) is 14.8. The van der Waals surface area contributed by atoms with Gasteiger partial charge in [-0.1, -0.05) is 48.0 Å². The minimum absolute atomic E-state index is 0.0439. The van der Waals surface area contributed by atoms with E-state index in [1.165, 1.54) is 11.4 Å². The summed E-state index contributed by atoms with van der Waals surface area (Å²) >= 11 is 0. The number of fused-ring (bicyclic) bond motifs is 1. The van der Waals surface area contributed by atoms with Crippen molar-refractivity contribution in [3.63, 3.8) is 0 Å². The van der Waals surface area contributed by atoms with Crippen molar-refractivity contribution in [2.75, 3.05) is 20.2 Å². The summed E-state index contributed by atoms with van der Waals surface area (Å²) in [5.74, 6) is -0.580. The van der Waals surface area contributed by atoms with E-state index in [1.54, 1.807) is 24.3 Å². The maximum Gasteiger partial charge on any atom is 0.309 e. The zero-order valence-corrected chi connectivity index (χ0v) is 15.6. The lowest BCUT2D eigenvalue weighted by atomic mass is 9.93. The highest BCUT2D eigenvalue weighted by atomic mass is 32.2. The van der Waals surface area contributed by atoms with Crippen LogP contribution in [0.5, 0.6) is 0 Å². The molecule has 1 aliphatic heterocycles. The van der Waals surface area contributed by atoms with Crippen molar-refractivity contribution in [3.05, 3.63) is 65.7 Å². The molecule has 1 saturated carbocycles. The summed E-state index contributed by atoms with van der Waals surface area (Å²) in [5.41, 5.74) is 1.54. The van der Waals surface area contributed by atoms with Crippen LogP contribution < -0.4 is 0 Å². The summed E-state index contributed by atoms with van der Waals surface area (Å²) < 4.78 is 32.6. The molecule has 1 heterocycles. The fraction of sp³-hybridized carbons (Fsp3) is 0.350. The number of carbonyl (C=O) groups is 1. The first-order valence-electron chi connectivity index (χ1n) is 8.61. The fourth-order valence-electron chi connectivity index (χ4n) is 4.36. The second-order valence-electron chi connectivity index (χ2n) is 7.12. The number of hydrogen-bond acceptors (Lipinski definition) is 4. The fourth-order valence-corrected chi connectivity index (χ4v) is 5.87. The van der Waals surface area contributed by atoms with E-state index < -0.39 is 15.4 Å². The maximum absolute atomic E-state index is 13.0. The van der Waals surface area contributed by atoms with Crippen molar-refractivity contribution in [3.8, 4) is 0 Å². The number of benzene rings is 2. The van der Waals surface area contributed by atoms with Gasteiger partial charge in [-0.05, 0) is 30.5 Å². The third kappa shape index (κ3) is 2.40. The molecule has 0 amide bonds. The van der Waals surface area contributed by atoms with Crippen LogP contribution in [0.3, 0.4) is 0 Å². The van der Waals surface area contributed by atoms with Gasteiger partial charge in [0.2, 0.25) is 10.0 Å². The second kappa shape index (κ2) is 5.93. The molecule has 1 unspecified atom stereocenters. The van der Waals surface area contributed by atoms with E-state index in [4.69, 9.17) is 4.74 Å². The SMILES string of the molecule is COC(=O)[C@@H]1C2CN(S(=O)(=O)c3ccc(C)cc3)C[C@]21c1ccccc1. The average Bonchev–Trinajstić information content (AvgIpc) is 3.11. The number of hydrogen-bond donors (Lipinski definition) is 0. The van der Waals surface area contributed by atoms with E-state index in [2.05, 4.69) is 0 Å². The van der Waals surface area contributed by atoms with Crippen LogP contribution in [-0.4, -0.2) is 38.9 Å². The number of ether oxygens (including phenoxy) is 1. The number of esters is 1. The van der Waals surface area contributed by atoms with Crippen molar-refractivity contribution >= 4 is 16.0 Å². The van der Waals surface area contributed by atoms with Gasteiger partial charge in [-0.2, -0.15) is 4.31 Å². The molecule has 0 aromatic heterocycles. The average molecular weight is 371 g/mol. The zero-order chi connectivity index (χ0) is 18.5.